The number of nitrogens with one attached hydrogen (secondary N) is 1. The monoisotopic (exact) mass is 258 g/mol. The van der Waals surface area contributed by atoms with Gasteiger partial charge < -0.3 is 9.88 Å². The molecule has 0 radical (unpaired) electrons. The van der Waals surface area contributed by atoms with Crippen molar-refractivity contribution in [1.82, 2.24) is 19.9 Å². The first-order chi connectivity index (χ1) is 9.17. The highest BCUT2D eigenvalue weighted by Gasteiger charge is 2.19. The van der Waals surface area contributed by atoms with Gasteiger partial charge in [-0.25, -0.2) is 4.98 Å². The highest BCUT2D eigenvalue weighted by atomic mass is 16.2. The summed E-state index contributed by atoms with van der Waals surface area (Å²) in [6.07, 6.45) is 3.44. The minimum Gasteiger partial charge on any atom is -0.341 e. The van der Waals surface area contributed by atoms with Crippen molar-refractivity contribution in [2.45, 2.75) is 20.8 Å². The molecule has 0 aromatic carbocycles. The molecule has 0 aliphatic heterocycles. The van der Waals surface area contributed by atoms with Gasteiger partial charge in [0.2, 0.25) is 0 Å². The number of nitrogens with zero attached hydrogens (tertiary/aromatic N) is 3. The van der Waals surface area contributed by atoms with Crippen LogP contribution in [-0.2, 0) is 0 Å². The van der Waals surface area contributed by atoms with E-state index in [1.165, 1.54) is 0 Å². The van der Waals surface area contributed by atoms with Crippen LogP contribution in [0.15, 0.2) is 24.5 Å². The smallest absolute Gasteiger partial charge is 0.274 e. The third-order valence-corrected chi connectivity index (χ3v) is 3.07. The second-order valence-electron chi connectivity index (χ2n) is 4.28. The molecule has 0 aliphatic rings. The van der Waals surface area contributed by atoms with Crippen molar-refractivity contribution in [3.05, 3.63) is 35.9 Å². The second-order valence-corrected chi connectivity index (χ2v) is 4.28. The first kappa shape index (κ1) is 13.3. The Morgan fingerprint density at radius 1 is 1.37 bits per heavy atom. The van der Waals surface area contributed by atoms with Gasteiger partial charge in [0.1, 0.15) is 11.5 Å². The second kappa shape index (κ2) is 5.65. The van der Waals surface area contributed by atoms with E-state index in [0.29, 0.717) is 24.6 Å². The molecule has 5 heteroatoms. The minimum atomic E-state index is -0.0334. The highest BCUT2D eigenvalue weighted by molar-refractivity contribution is 5.94. The van der Waals surface area contributed by atoms with Gasteiger partial charge in [-0.15, -0.1) is 0 Å². The van der Waals surface area contributed by atoms with Crippen molar-refractivity contribution in [1.29, 1.82) is 0 Å². The van der Waals surface area contributed by atoms with Crippen molar-refractivity contribution < 1.29 is 4.79 Å². The number of aromatic nitrogens is 3. The average molecular weight is 258 g/mol. The van der Waals surface area contributed by atoms with Crippen molar-refractivity contribution in [2.24, 2.45) is 0 Å². The molecule has 0 saturated carbocycles. The van der Waals surface area contributed by atoms with E-state index in [1.807, 2.05) is 32.9 Å². The molecule has 1 amide bonds. The Hall–Kier alpha value is -2.17. The zero-order chi connectivity index (χ0) is 13.8. The fraction of sp³-hybridized carbons (Fsp3) is 0.357. The van der Waals surface area contributed by atoms with E-state index in [2.05, 4.69) is 15.0 Å². The number of hydrogen-bond donors (Lipinski definition) is 1. The SMILES string of the molecule is CCN(CC)C(=O)c1nc(-c2cccnc2)[nH]c1C. The van der Waals surface area contributed by atoms with Crippen LogP contribution in [0, 0.1) is 6.92 Å². The van der Waals surface area contributed by atoms with Gasteiger partial charge >= 0.3 is 0 Å². The zero-order valence-corrected chi connectivity index (χ0v) is 11.5. The number of carbonyl (C=O) groups is 1. The topological polar surface area (TPSA) is 61.9 Å². The van der Waals surface area contributed by atoms with E-state index < -0.39 is 0 Å². The van der Waals surface area contributed by atoms with Crippen LogP contribution >= 0.6 is 0 Å². The Balaban J connectivity index is 2.34. The van der Waals surface area contributed by atoms with Crippen LogP contribution in [0.5, 0.6) is 0 Å². The Morgan fingerprint density at radius 3 is 2.68 bits per heavy atom. The van der Waals surface area contributed by atoms with Crippen LogP contribution < -0.4 is 0 Å². The van der Waals surface area contributed by atoms with Crippen LogP contribution in [0.3, 0.4) is 0 Å². The molecule has 0 bridgehead atoms. The summed E-state index contributed by atoms with van der Waals surface area (Å²) in [5, 5.41) is 0. The minimum absolute atomic E-state index is 0.0334. The maximum absolute atomic E-state index is 12.3. The normalized spacial score (nSPS) is 10.5. The Kier molecular flexibility index (Phi) is 3.94. The maximum atomic E-state index is 12.3. The third-order valence-electron chi connectivity index (χ3n) is 3.07. The molecule has 2 aromatic heterocycles. The first-order valence-corrected chi connectivity index (χ1v) is 6.43. The number of H-pyrrole nitrogens is 1. The molecule has 0 fully saturated rings. The van der Waals surface area contributed by atoms with E-state index >= 15 is 0 Å². The van der Waals surface area contributed by atoms with Gasteiger partial charge in [0.05, 0.1) is 0 Å². The molecule has 1 N–H and O–H groups in total. The lowest BCUT2D eigenvalue weighted by Gasteiger charge is -2.17. The number of amides is 1. The molecule has 2 rings (SSSR count). The number of imidazole rings is 1. The molecule has 0 saturated heterocycles. The average Bonchev–Trinajstić information content (AvgIpc) is 2.83. The van der Waals surface area contributed by atoms with Crippen LogP contribution in [0.25, 0.3) is 11.4 Å². The van der Waals surface area contributed by atoms with Gasteiger partial charge in [-0.2, -0.15) is 0 Å². The van der Waals surface area contributed by atoms with E-state index in [-0.39, 0.29) is 5.91 Å². The quantitative estimate of drug-likeness (QED) is 0.915. The summed E-state index contributed by atoms with van der Waals surface area (Å²) in [6, 6.07) is 3.76. The van der Waals surface area contributed by atoms with E-state index in [0.717, 1.165) is 11.3 Å². The molecule has 0 unspecified atom stereocenters. The predicted octanol–water partition coefficient (Wildman–Crippen LogP) is 2.26. The van der Waals surface area contributed by atoms with Crippen LogP contribution in [-0.4, -0.2) is 38.8 Å². The Bertz CT molecular complexity index is 558. The fourth-order valence-electron chi connectivity index (χ4n) is 1.97. The van der Waals surface area contributed by atoms with Crippen molar-refractivity contribution in [2.75, 3.05) is 13.1 Å². The third kappa shape index (κ3) is 2.65. The van der Waals surface area contributed by atoms with E-state index in [4.69, 9.17) is 0 Å². The summed E-state index contributed by atoms with van der Waals surface area (Å²) in [7, 11) is 0. The highest BCUT2D eigenvalue weighted by Crippen LogP contribution is 2.17. The number of rotatable bonds is 4. The number of carbonyl (C=O) groups excluding carboxylic acids is 1. The molecule has 19 heavy (non-hydrogen) atoms. The zero-order valence-electron chi connectivity index (χ0n) is 11.5. The van der Waals surface area contributed by atoms with Crippen LogP contribution in [0.2, 0.25) is 0 Å². The molecule has 100 valence electrons. The van der Waals surface area contributed by atoms with E-state index in [1.54, 1.807) is 17.3 Å². The fourth-order valence-corrected chi connectivity index (χ4v) is 1.97. The molecule has 0 aliphatic carbocycles. The molecule has 0 atom stereocenters. The summed E-state index contributed by atoms with van der Waals surface area (Å²) < 4.78 is 0. The van der Waals surface area contributed by atoms with Gasteiger partial charge in [-0.3, -0.25) is 9.78 Å². The van der Waals surface area contributed by atoms with Gasteiger partial charge in [0.15, 0.2) is 0 Å². The van der Waals surface area contributed by atoms with Crippen LogP contribution in [0.4, 0.5) is 0 Å². The molecule has 0 spiro atoms. The lowest BCUT2D eigenvalue weighted by Crippen LogP contribution is -2.31. The largest absolute Gasteiger partial charge is 0.341 e. The standard InChI is InChI=1S/C14H18N4O/c1-4-18(5-2)14(19)12-10(3)16-13(17-12)11-7-6-8-15-9-11/h6-9H,4-5H2,1-3H3,(H,16,17). The first-order valence-electron chi connectivity index (χ1n) is 6.43. The summed E-state index contributed by atoms with van der Waals surface area (Å²) in [5.74, 6) is 0.648. The lowest BCUT2D eigenvalue weighted by molar-refractivity contribution is 0.0767. The van der Waals surface area contributed by atoms with Crippen molar-refractivity contribution in [3.63, 3.8) is 0 Å². The van der Waals surface area contributed by atoms with Crippen molar-refractivity contribution in [3.8, 4) is 11.4 Å². The molecular formula is C14H18N4O. The predicted molar refractivity (Wildman–Crippen MR) is 73.8 cm³/mol. The maximum Gasteiger partial charge on any atom is 0.274 e. The van der Waals surface area contributed by atoms with Gasteiger partial charge in [-0.1, -0.05) is 0 Å². The van der Waals surface area contributed by atoms with Gasteiger partial charge in [-0.05, 0) is 32.9 Å². The summed E-state index contributed by atoms with van der Waals surface area (Å²) in [5.41, 5.74) is 2.16. The van der Waals surface area contributed by atoms with E-state index in [9.17, 15) is 4.79 Å². The molecule has 2 aromatic rings. The molecule has 2 heterocycles. The van der Waals surface area contributed by atoms with Crippen molar-refractivity contribution >= 4 is 5.91 Å². The number of aryl methyl sites for hydroxylation is 1. The number of hydrogen-bond acceptors (Lipinski definition) is 3. The van der Waals surface area contributed by atoms with Crippen LogP contribution in [0.1, 0.15) is 30.0 Å². The Morgan fingerprint density at radius 2 is 2.11 bits per heavy atom. The van der Waals surface area contributed by atoms with Gasteiger partial charge in [0, 0.05) is 36.7 Å². The summed E-state index contributed by atoms with van der Waals surface area (Å²) in [6.45, 7) is 7.16. The molecular weight excluding hydrogens is 240 g/mol. The number of aromatic amines is 1. The summed E-state index contributed by atoms with van der Waals surface area (Å²) >= 11 is 0. The van der Waals surface area contributed by atoms with Gasteiger partial charge in [0.25, 0.3) is 5.91 Å². The summed E-state index contributed by atoms with van der Waals surface area (Å²) in [4.78, 5) is 25.7. The lowest BCUT2D eigenvalue weighted by atomic mass is 10.3. The Labute approximate surface area is 112 Å². The molecule has 5 nitrogen and oxygen atoms in total. The number of pyridine rings is 1.